The number of nitrogens with two attached hydrogens (primary N) is 1. The first-order chi connectivity index (χ1) is 8.70. The predicted octanol–water partition coefficient (Wildman–Crippen LogP) is 0.502. The number of carbonyl (C=O) groups is 1. The lowest BCUT2D eigenvalue weighted by Crippen LogP contribution is -2.23. The van der Waals surface area contributed by atoms with Gasteiger partial charge in [0.1, 0.15) is 0 Å². The summed E-state index contributed by atoms with van der Waals surface area (Å²) in [5.74, 6) is -0.244. The highest BCUT2D eigenvalue weighted by Gasteiger charge is 2.08. The zero-order valence-electron chi connectivity index (χ0n) is 10.1. The van der Waals surface area contributed by atoms with E-state index >= 15 is 0 Å². The van der Waals surface area contributed by atoms with Gasteiger partial charge in [-0.2, -0.15) is 15.4 Å². The van der Waals surface area contributed by atoms with Gasteiger partial charge in [0.05, 0.1) is 6.20 Å². The fourth-order valence-electron chi connectivity index (χ4n) is 1.66. The molecule has 6 nitrogen and oxygen atoms in total. The molecule has 0 saturated heterocycles. The van der Waals surface area contributed by atoms with Crippen LogP contribution in [0.1, 0.15) is 27.2 Å². The van der Waals surface area contributed by atoms with Gasteiger partial charge in [0.2, 0.25) is 0 Å². The summed E-state index contributed by atoms with van der Waals surface area (Å²) in [6.07, 6.45) is 1.39. The zero-order valence-corrected chi connectivity index (χ0v) is 10.1. The SMILES string of the molecule is Cc1cc(CN)ccc1CNC(=O)c1cn[nH]n1. The highest BCUT2D eigenvalue weighted by molar-refractivity contribution is 5.91. The molecule has 2 rings (SSSR count). The van der Waals surface area contributed by atoms with Gasteiger partial charge in [-0.1, -0.05) is 18.2 Å². The van der Waals surface area contributed by atoms with Crippen LogP contribution in [0.15, 0.2) is 24.4 Å². The van der Waals surface area contributed by atoms with Crippen molar-refractivity contribution >= 4 is 5.91 Å². The van der Waals surface area contributed by atoms with Crippen LogP contribution in [0.2, 0.25) is 0 Å². The van der Waals surface area contributed by atoms with Crippen molar-refractivity contribution in [3.8, 4) is 0 Å². The number of benzene rings is 1. The van der Waals surface area contributed by atoms with Crippen molar-refractivity contribution in [1.29, 1.82) is 0 Å². The van der Waals surface area contributed by atoms with Gasteiger partial charge < -0.3 is 11.1 Å². The standard InChI is InChI=1S/C12H15N5O/c1-8-4-9(5-13)2-3-10(8)6-14-12(18)11-7-15-17-16-11/h2-4,7H,5-6,13H2,1H3,(H,14,18)(H,15,16,17). The van der Waals surface area contributed by atoms with Crippen LogP contribution in [0.25, 0.3) is 0 Å². The number of rotatable bonds is 4. The number of amides is 1. The smallest absolute Gasteiger partial charge is 0.273 e. The monoisotopic (exact) mass is 245 g/mol. The minimum Gasteiger partial charge on any atom is -0.347 e. The van der Waals surface area contributed by atoms with E-state index in [1.807, 2.05) is 25.1 Å². The zero-order chi connectivity index (χ0) is 13.0. The van der Waals surface area contributed by atoms with Crippen LogP contribution < -0.4 is 11.1 Å². The van der Waals surface area contributed by atoms with Crippen LogP contribution in [0, 0.1) is 6.92 Å². The quantitative estimate of drug-likeness (QED) is 0.730. The summed E-state index contributed by atoms with van der Waals surface area (Å²) in [5, 5.41) is 12.5. The molecule has 4 N–H and O–H groups in total. The molecule has 2 aromatic rings. The molecule has 1 heterocycles. The van der Waals surface area contributed by atoms with E-state index in [1.165, 1.54) is 6.20 Å². The molecular weight excluding hydrogens is 230 g/mol. The van der Waals surface area contributed by atoms with Crippen LogP contribution in [0.5, 0.6) is 0 Å². The summed E-state index contributed by atoms with van der Waals surface area (Å²) in [5.41, 5.74) is 9.10. The first kappa shape index (κ1) is 12.3. The Kier molecular flexibility index (Phi) is 3.69. The summed E-state index contributed by atoms with van der Waals surface area (Å²) < 4.78 is 0. The molecule has 0 bridgehead atoms. The Morgan fingerprint density at radius 3 is 2.94 bits per heavy atom. The third kappa shape index (κ3) is 2.72. The van der Waals surface area contributed by atoms with Crippen molar-refractivity contribution in [2.75, 3.05) is 0 Å². The highest BCUT2D eigenvalue weighted by atomic mass is 16.1. The van der Waals surface area contributed by atoms with E-state index in [-0.39, 0.29) is 11.6 Å². The van der Waals surface area contributed by atoms with E-state index in [4.69, 9.17) is 5.73 Å². The molecule has 0 aliphatic heterocycles. The van der Waals surface area contributed by atoms with Gasteiger partial charge in [0.25, 0.3) is 5.91 Å². The van der Waals surface area contributed by atoms with E-state index in [2.05, 4.69) is 20.7 Å². The molecule has 0 aliphatic carbocycles. The van der Waals surface area contributed by atoms with Gasteiger partial charge in [-0.15, -0.1) is 0 Å². The van der Waals surface area contributed by atoms with E-state index in [9.17, 15) is 4.79 Å². The Hall–Kier alpha value is -2.21. The first-order valence-corrected chi connectivity index (χ1v) is 5.63. The summed E-state index contributed by atoms with van der Waals surface area (Å²) in [6, 6.07) is 5.96. The lowest BCUT2D eigenvalue weighted by Gasteiger charge is -2.08. The average Bonchev–Trinajstić information content (AvgIpc) is 2.90. The van der Waals surface area contributed by atoms with Gasteiger partial charge in [0, 0.05) is 13.1 Å². The maximum Gasteiger partial charge on any atom is 0.273 e. The molecular formula is C12H15N5O. The third-order valence-corrected chi connectivity index (χ3v) is 2.73. The molecule has 94 valence electrons. The number of carbonyl (C=O) groups excluding carboxylic acids is 1. The van der Waals surface area contributed by atoms with Crippen LogP contribution in [-0.2, 0) is 13.1 Å². The topological polar surface area (TPSA) is 96.7 Å². The van der Waals surface area contributed by atoms with Gasteiger partial charge in [-0.05, 0) is 23.6 Å². The summed E-state index contributed by atoms with van der Waals surface area (Å²) in [6.45, 7) is 2.98. The Morgan fingerprint density at radius 2 is 2.33 bits per heavy atom. The molecule has 0 saturated carbocycles. The molecule has 6 heteroatoms. The van der Waals surface area contributed by atoms with Crippen molar-refractivity contribution in [3.05, 3.63) is 46.8 Å². The van der Waals surface area contributed by atoms with Crippen molar-refractivity contribution < 1.29 is 4.79 Å². The fraction of sp³-hybridized carbons (Fsp3) is 0.250. The van der Waals surface area contributed by atoms with Gasteiger partial charge in [0.15, 0.2) is 5.69 Å². The fourth-order valence-corrected chi connectivity index (χ4v) is 1.66. The van der Waals surface area contributed by atoms with Crippen LogP contribution in [-0.4, -0.2) is 21.3 Å². The lowest BCUT2D eigenvalue weighted by atomic mass is 10.1. The number of aromatic amines is 1. The minimum atomic E-state index is -0.244. The molecule has 18 heavy (non-hydrogen) atoms. The van der Waals surface area contributed by atoms with Crippen molar-refractivity contribution in [2.45, 2.75) is 20.0 Å². The molecule has 0 atom stereocenters. The van der Waals surface area contributed by atoms with E-state index in [0.29, 0.717) is 13.1 Å². The second kappa shape index (κ2) is 5.42. The van der Waals surface area contributed by atoms with Crippen LogP contribution in [0.3, 0.4) is 0 Å². The van der Waals surface area contributed by atoms with Gasteiger partial charge in [-0.3, -0.25) is 4.79 Å². The molecule has 1 amide bonds. The number of hydrogen-bond donors (Lipinski definition) is 3. The van der Waals surface area contributed by atoms with Crippen molar-refractivity contribution in [2.24, 2.45) is 5.73 Å². The number of aryl methyl sites for hydroxylation is 1. The van der Waals surface area contributed by atoms with Crippen molar-refractivity contribution in [1.82, 2.24) is 20.7 Å². The van der Waals surface area contributed by atoms with E-state index < -0.39 is 0 Å². The third-order valence-electron chi connectivity index (χ3n) is 2.73. The lowest BCUT2D eigenvalue weighted by molar-refractivity contribution is 0.0946. The molecule has 0 fully saturated rings. The Morgan fingerprint density at radius 1 is 1.50 bits per heavy atom. The van der Waals surface area contributed by atoms with Gasteiger partial charge in [-0.25, -0.2) is 0 Å². The molecule has 0 radical (unpaired) electrons. The molecule has 1 aromatic carbocycles. The number of nitrogens with one attached hydrogen (secondary N) is 2. The first-order valence-electron chi connectivity index (χ1n) is 5.63. The summed E-state index contributed by atoms with van der Waals surface area (Å²) in [4.78, 5) is 11.7. The Balaban J connectivity index is 2.00. The number of nitrogens with zero attached hydrogens (tertiary/aromatic N) is 2. The second-order valence-corrected chi connectivity index (χ2v) is 4.00. The minimum absolute atomic E-state index is 0.244. The average molecular weight is 245 g/mol. The molecule has 0 spiro atoms. The highest BCUT2D eigenvalue weighted by Crippen LogP contribution is 2.10. The molecule has 0 unspecified atom stereocenters. The summed E-state index contributed by atoms with van der Waals surface area (Å²) >= 11 is 0. The largest absolute Gasteiger partial charge is 0.347 e. The van der Waals surface area contributed by atoms with Crippen molar-refractivity contribution in [3.63, 3.8) is 0 Å². The maximum atomic E-state index is 11.7. The maximum absolute atomic E-state index is 11.7. The normalized spacial score (nSPS) is 10.3. The van der Waals surface area contributed by atoms with Crippen LogP contribution in [0.4, 0.5) is 0 Å². The number of aromatic nitrogens is 3. The van der Waals surface area contributed by atoms with Crippen LogP contribution >= 0.6 is 0 Å². The van der Waals surface area contributed by atoms with E-state index in [0.717, 1.165) is 16.7 Å². The number of H-pyrrole nitrogens is 1. The predicted molar refractivity (Wildman–Crippen MR) is 66.6 cm³/mol. The Bertz CT molecular complexity index is 535. The molecule has 0 aliphatic rings. The number of hydrogen-bond acceptors (Lipinski definition) is 4. The summed E-state index contributed by atoms with van der Waals surface area (Å²) in [7, 11) is 0. The van der Waals surface area contributed by atoms with Gasteiger partial charge >= 0.3 is 0 Å². The van der Waals surface area contributed by atoms with E-state index in [1.54, 1.807) is 0 Å². The second-order valence-electron chi connectivity index (χ2n) is 4.00. The molecule has 1 aromatic heterocycles. The Labute approximate surface area is 105 Å².